The van der Waals surface area contributed by atoms with E-state index in [-0.39, 0.29) is 18.3 Å². The van der Waals surface area contributed by atoms with Crippen molar-refractivity contribution < 1.29 is 13.9 Å². The molecule has 28 heavy (non-hydrogen) atoms. The van der Waals surface area contributed by atoms with E-state index in [9.17, 15) is 9.18 Å². The van der Waals surface area contributed by atoms with Gasteiger partial charge in [-0.05, 0) is 50.6 Å². The van der Waals surface area contributed by atoms with Crippen LogP contribution in [0, 0.1) is 19.7 Å². The Morgan fingerprint density at radius 2 is 1.96 bits per heavy atom. The number of hydrogen-bond acceptors (Lipinski definition) is 3. The second-order valence-electron chi connectivity index (χ2n) is 6.87. The van der Waals surface area contributed by atoms with E-state index in [1.165, 1.54) is 6.07 Å². The molecule has 0 atom stereocenters. The van der Waals surface area contributed by atoms with Gasteiger partial charge in [0.15, 0.2) is 0 Å². The highest BCUT2D eigenvalue weighted by Gasteiger charge is 2.20. The first-order valence-corrected chi connectivity index (χ1v) is 9.30. The minimum absolute atomic E-state index is 0.136. The van der Waals surface area contributed by atoms with E-state index >= 15 is 0 Å². The van der Waals surface area contributed by atoms with Crippen molar-refractivity contribution in [3.05, 3.63) is 65.7 Å². The molecular weight excluding hydrogens is 355 g/mol. The second-order valence-corrected chi connectivity index (χ2v) is 6.87. The summed E-state index contributed by atoms with van der Waals surface area (Å²) in [6, 6.07) is 13.0. The van der Waals surface area contributed by atoms with Crippen LogP contribution in [0.1, 0.15) is 18.2 Å². The number of fused-ring (bicyclic) bond motifs is 2. The Bertz CT molecular complexity index is 1210. The van der Waals surface area contributed by atoms with Crippen molar-refractivity contribution in [2.24, 2.45) is 0 Å². The third-order valence-electron chi connectivity index (χ3n) is 5.06. The number of aromatic nitrogens is 2. The number of ether oxygens (including phenoxy) is 1. The number of rotatable bonds is 4. The van der Waals surface area contributed by atoms with Crippen molar-refractivity contribution in [3.8, 4) is 11.1 Å². The van der Waals surface area contributed by atoms with Crippen LogP contribution in [0.5, 0.6) is 0 Å². The fraction of sp³-hybridized carbons (Fsp3) is 0.217. The highest BCUT2D eigenvalue weighted by Crippen LogP contribution is 2.38. The third kappa shape index (κ3) is 2.93. The molecule has 0 unspecified atom stereocenters. The van der Waals surface area contributed by atoms with Gasteiger partial charge in [-0.25, -0.2) is 4.39 Å². The molecule has 2 aromatic carbocycles. The maximum absolute atomic E-state index is 14.3. The van der Waals surface area contributed by atoms with Crippen LogP contribution in [-0.4, -0.2) is 22.1 Å². The van der Waals surface area contributed by atoms with Gasteiger partial charge in [0.25, 0.3) is 0 Å². The summed E-state index contributed by atoms with van der Waals surface area (Å²) in [6.45, 7) is 6.29. The Morgan fingerprint density at radius 1 is 1.14 bits per heavy atom. The SMILES string of the molecule is CCOC(=O)Cn1c(C)c(-c2ccnc3c(F)cccc23)c2cc(C)ccc21. The highest BCUT2D eigenvalue weighted by atomic mass is 19.1. The number of hydrogen-bond donors (Lipinski definition) is 0. The lowest BCUT2D eigenvalue weighted by Gasteiger charge is -2.10. The van der Waals surface area contributed by atoms with Gasteiger partial charge < -0.3 is 9.30 Å². The Kier molecular flexibility index (Phi) is 4.59. The van der Waals surface area contributed by atoms with Crippen molar-refractivity contribution in [3.63, 3.8) is 0 Å². The van der Waals surface area contributed by atoms with Gasteiger partial charge in [0.05, 0.1) is 6.61 Å². The van der Waals surface area contributed by atoms with Crippen LogP contribution in [-0.2, 0) is 16.1 Å². The predicted molar refractivity (Wildman–Crippen MR) is 109 cm³/mol. The van der Waals surface area contributed by atoms with Crippen molar-refractivity contribution in [2.75, 3.05) is 6.61 Å². The van der Waals surface area contributed by atoms with E-state index in [0.717, 1.165) is 38.7 Å². The molecule has 0 aliphatic carbocycles. The van der Waals surface area contributed by atoms with Crippen LogP contribution in [0.25, 0.3) is 32.9 Å². The summed E-state index contributed by atoms with van der Waals surface area (Å²) < 4.78 is 21.4. The zero-order chi connectivity index (χ0) is 19.8. The number of esters is 1. The van der Waals surface area contributed by atoms with Crippen LogP contribution in [0.2, 0.25) is 0 Å². The van der Waals surface area contributed by atoms with Gasteiger partial charge in [-0.15, -0.1) is 0 Å². The summed E-state index contributed by atoms with van der Waals surface area (Å²) in [6.07, 6.45) is 1.63. The summed E-state index contributed by atoms with van der Waals surface area (Å²) in [5.74, 6) is -0.622. The van der Waals surface area contributed by atoms with Gasteiger partial charge >= 0.3 is 5.97 Å². The summed E-state index contributed by atoms with van der Waals surface area (Å²) in [7, 11) is 0. The molecule has 0 N–H and O–H groups in total. The molecule has 2 aromatic heterocycles. The number of para-hydroxylation sites is 1. The smallest absolute Gasteiger partial charge is 0.325 e. The van der Waals surface area contributed by atoms with Gasteiger partial charge in [-0.3, -0.25) is 9.78 Å². The molecule has 0 amide bonds. The maximum Gasteiger partial charge on any atom is 0.325 e. The van der Waals surface area contributed by atoms with Crippen molar-refractivity contribution in [2.45, 2.75) is 27.3 Å². The van der Waals surface area contributed by atoms with Crippen LogP contribution in [0.4, 0.5) is 4.39 Å². The molecule has 0 aliphatic rings. The number of nitrogens with zero attached hydrogens (tertiary/aromatic N) is 2. The van der Waals surface area contributed by atoms with Gasteiger partial charge in [0, 0.05) is 33.7 Å². The van der Waals surface area contributed by atoms with Gasteiger partial charge in [0.1, 0.15) is 17.9 Å². The van der Waals surface area contributed by atoms with E-state index in [2.05, 4.69) is 11.1 Å². The number of pyridine rings is 1. The maximum atomic E-state index is 14.3. The van der Waals surface area contributed by atoms with E-state index in [0.29, 0.717) is 12.1 Å². The Balaban J connectivity index is 2.03. The first-order chi connectivity index (χ1) is 13.5. The molecule has 4 rings (SSSR count). The minimum Gasteiger partial charge on any atom is -0.465 e. The second kappa shape index (κ2) is 7.08. The summed E-state index contributed by atoms with van der Waals surface area (Å²) >= 11 is 0. The van der Waals surface area contributed by atoms with Gasteiger partial charge in [0.2, 0.25) is 0 Å². The first-order valence-electron chi connectivity index (χ1n) is 9.30. The molecule has 4 nitrogen and oxygen atoms in total. The molecular formula is C23H21FN2O2. The largest absolute Gasteiger partial charge is 0.465 e. The predicted octanol–water partition coefficient (Wildman–Crippen LogP) is 5.18. The molecule has 0 saturated heterocycles. The molecule has 0 aliphatic heterocycles. The van der Waals surface area contributed by atoms with E-state index in [4.69, 9.17) is 4.74 Å². The summed E-state index contributed by atoms with van der Waals surface area (Å²) in [4.78, 5) is 16.4. The average Bonchev–Trinajstić information content (AvgIpc) is 2.93. The lowest BCUT2D eigenvalue weighted by Crippen LogP contribution is -2.14. The lowest BCUT2D eigenvalue weighted by atomic mass is 9.98. The van der Waals surface area contributed by atoms with Crippen molar-refractivity contribution in [1.82, 2.24) is 9.55 Å². The quantitative estimate of drug-likeness (QED) is 0.461. The number of carbonyl (C=O) groups is 1. The molecule has 0 bridgehead atoms. The van der Waals surface area contributed by atoms with Crippen LogP contribution in [0.3, 0.4) is 0 Å². The average molecular weight is 376 g/mol. The molecule has 0 radical (unpaired) electrons. The molecule has 4 aromatic rings. The molecule has 142 valence electrons. The first kappa shape index (κ1) is 18.2. The number of benzene rings is 2. The third-order valence-corrected chi connectivity index (χ3v) is 5.06. The Hall–Kier alpha value is -3.21. The Labute approximate surface area is 162 Å². The van der Waals surface area contributed by atoms with Crippen LogP contribution >= 0.6 is 0 Å². The van der Waals surface area contributed by atoms with E-state index < -0.39 is 0 Å². The molecule has 0 fully saturated rings. The molecule has 0 saturated carbocycles. The lowest BCUT2D eigenvalue weighted by molar-refractivity contribution is -0.143. The molecule has 0 spiro atoms. The summed E-state index contributed by atoms with van der Waals surface area (Å²) in [5.41, 5.74) is 5.24. The summed E-state index contributed by atoms with van der Waals surface area (Å²) in [5, 5.41) is 1.78. The number of halogens is 1. The topological polar surface area (TPSA) is 44.1 Å². The molecule has 2 heterocycles. The van der Waals surface area contributed by atoms with Crippen molar-refractivity contribution in [1.29, 1.82) is 0 Å². The standard InChI is InChI=1S/C23H21FN2O2/c1-4-28-21(27)13-26-15(3)22(18-12-14(2)8-9-20(18)26)16-10-11-25-23-17(16)6-5-7-19(23)24/h5-12H,4,13H2,1-3H3. The zero-order valence-electron chi connectivity index (χ0n) is 16.1. The van der Waals surface area contributed by atoms with Crippen LogP contribution < -0.4 is 0 Å². The monoisotopic (exact) mass is 376 g/mol. The number of aryl methyl sites for hydroxylation is 1. The minimum atomic E-state index is -0.344. The van der Waals surface area contributed by atoms with E-state index in [1.807, 2.05) is 42.7 Å². The van der Waals surface area contributed by atoms with Gasteiger partial charge in [-0.1, -0.05) is 23.8 Å². The van der Waals surface area contributed by atoms with Crippen molar-refractivity contribution >= 4 is 27.8 Å². The fourth-order valence-electron chi connectivity index (χ4n) is 3.83. The highest BCUT2D eigenvalue weighted by molar-refractivity contribution is 6.06. The zero-order valence-corrected chi connectivity index (χ0v) is 16.1. The molecule has 5 heteroatoms. The fourth-order valence-corrected chi connectivity index (χ4v) is 3.83. The Morgan fingerprint density at radius 3 is 2.75 bits per heavy atom. The van der Waals surface area contributed by atoms with Gasteiger partial charge in [-0.2, -0.15) is 0 Å². The van der Waals surface area contributed by atoms with Crippen LogP contribution in [0.15, 0.2) is 48.7 Å². The number of carbonyl (C=O) groups excluding carboxylic acids is 1. The normalized spacial score (nSPS) is 11.3. The van der Waals surface area contributed by atoms with E-state index in [1.54, 1.807) is 19.2 Å².